The van der Waals surface area contributed by atoms with Gasteiger partial charge in [-0.2, -0.15) is 18.3 Å². The lowest BCUT2D eigenvalue weighted by Gasteiger charge is -2.25. The van der Waals surface area contributed by atoms with Crippen LogP contribution in [0.15, 0.2) is 11.0 Å². The summed E-state index contributed by atoms with van der Waals surface area (Å²) >= 11 is 5.82. The molecule has 1 aliphatic carbocycles. The largest absolute Gasteiger partial charge is 0.390 e. The standard InChI is InChI=1S/C12H15ClF3N3O/c13-9-6-18-19(7-8-2-1-3-8)11(20)10(9)17-5-4-12(14,15)16/h6,8,17H,1-5,7H2. The van der Waals surface area contributed by atoms with Crippen LogP contribution in [0.4, 0.5) is 18.9 Å². The summed E-state index contributed by atoms with van der Waals surface area (Å²) in [5.41, 5.74) is -0.475. The van der Waals surface area contributed by atoms with E-state index in [1.165, 1.54) is 10.9 Å². The summed E-state index contributed by atoms with van der Waals surface area (Å²) in [5, 5.41) is 6.43. The van der Waals surface area contributed by atoms with E-state index >= 15 is 0 Å². The van der Waals surface area contributed by atoms with Crippen LogP contribution in [0, 0.1) is 5.92 Å². The van der Waals surface area contributed by atoms with Crippen molar-refractivity contribution in [2.45, 2.75) is 38.4 Å². The normalized spacial score (nSPS) is 16.0. The van der Waals surface area contributed by atoms with Crippen LogP contribution >= 0.6 is 11.6 Å². The van der Waals surface area contributed by atoms with E-state index in [1.54, 1.807) is 0 Å². The molecule has 2 rings (SSSR count). The van der Waals surface area contributed by atoms with Crippen LogP contribution in [0.3, 0.4) is 0 Å². The molecule has 1 fully saturated rings. The Kier molecular flexibility index (Phi) is 4.57. The van der Waals surface area contributed by atoms with Crippen LogP contribution in [0.25, 0.3) is 0 Å². The van der Waals surface area contributed by atoms with Crippen LogP contribution in [0.1, 0.15) is 25.7 Å². The molecule has 20 heavy (non-hydrogen) atoms. The van der Waals surface area contributed by atoms with Crippen molar-refractivity contribution < 1.29 is 13.2 Å². The van der Waals surface area contributed by atoms with Crippen molar-refractivity contribution in [2.75, 3.05) is 11.9 Å². The minimum absolute atomic E-state index is 0.00904. The van der Waals surface area contributed by atoms with Crippen LogP contribution in [-0.4, -0.2) is 22.5 Å². The van der Waals surface area contributed by atoms with E-state index in [9.17, 15) is 18.0 Å². The van der Waals surface area contributed by atoms with Crippen LogP contribution in [0.5, 0.6) is 0 Å². The molecule has 1 aromatic heterocycles. The molecule has 0 aliphatic heterocycles. The Hall–Kier alpha value is -1.24. The minimum atomic E-state index is -4.27. The average molecular weight is 310 g/mol. The van der Waals surface area contributed by atoms with E-state index in [4.69, 9.17) is 11.6 Å². The number of nitrogens with one attached hydrogen (secondary N) is 1. The molecule has 0 aromatic carbocycles. The fourth-order valence-electron chi connectivity index (χ4n) is 2.01. The van der Waals surface area contributed by atoms with E-state index in [0.29, 0.717) is 12.5 Å². The fourth-order valence-corrected chi connectivity index (χ4v) is 2.20. The first-order valence-electron chi connectivity index (χ1n) is 6.43. The maximum atomic E-state index is 12.1. The lowest BCUT2D eigenvalue weighted by Crippen LogP contribution is -2.31. The van der Waals surface area contributed by atoms with Gasteiger partial charge in [-0.15, -0.1) is 0 Å². The van der Waals surface area contributed by atoms with E-state index in [2.05, 4.69) is 10.4 Å². The third-order valence-corrected chi connectivity index (χ3v) is 3.65. The van der Waals surface area contributed by atoms with Gasteiger partial charge in [-0.1, -0.05) is 18.0 Å². The molecule has 0 radical (unpaired) electrons. The Labute approximate surface area is 118 Å². The monoisotopic (exact) mass is 309 g/mol. The zero-order chi connectivity index (χ0) is 14.8. The quantitative estimate of drug-likeness (QED) is 0.909. The van der Waals surface area contributed by atoms with E-state index < -0.39 is 18.2 Å². The molecular weight excluding hydrogens is 295 g/mol. The Balaban J connectivity index is 2.06. The summed E-state index contributed by atoms with van der Waals surface area (Å²) in [4.78, 5) is 12.1. The van der Waals surface area contributed by atoms with Crippen molar-refractivity contribution >= 4 is 17.3 Å². The highest BCUT2D eigenvalue weighted by atomic mass is 35.5. The maximum Gasteiger partial charge on any atom is 0.390 e. The van der Waals surface area contributed by atoms with Crippen LogP contribution < -0.4 is 10.9 Å². The summed E-state index contributed by atoms with van der Waals surface area (Å²) in [6.45, 7) is 0.107. The second-order valence-corrected chi connectivity index (χ2v) is 5.35. The molecule has 1 saturated carbocycles. The number of hydrogen-bond acceptors (Lipinski definition) is 3. The minimum Gasteiger partial charge on any atom is -0.379 e. The van der Waals surface area contributed by atoms with E-state index in [1.807, 2.05) is 0 Å². The van der Waals surface area contributed by atoms with Crippen molar-refractivity contribution in [1.82, 2.24) is 9.78 Å². The van der Waals surface area contributed by atoms with Gasteiger partial charge in [0, 0.05) is 13.1 Å². The van der Waals surface area contributed by atoms with Gasteiger partial charge in [0.2, 0.25) is 0 Å². The van der Waals surface area contributed by atoms with Crippen molar-refractivity contribution in [1.29, 1.82) is 0 Å². The van der Waals surface area contributed by atoms with Crippen molar-refractivity contribution in [3.8, 4) is 0 Å². The summed E-state index contributed by atoms with van der Waals surface area (Å²) in [6.07, 6.45) is -0.756. The highest BCUT2D eigenvalue weighted by molar-refractivity contribution is 6.32. The zero-order valence-corrected chi connectivity index (χ0v) is 11.5. The number of anilines is 1. The van der Waals surface area contributed by atoms with E-state index in [-0.39, 0.29) is 17.3 Å². The van der Waals surface area contributed by atoms with Gasteiger partial charge in [-0.25, -0.2) is 4.68 Å². The molecule has 8 heteroatoms. The van der Waals surface area contributed by atoms with Crippen LogP contribution in [-0.2, 0) is 6.54 Å². The highest BCUT2D eigenvalue weighted by Gasteiger charge is 2.26. The molecule has 4 nitrogen and oxygen atoms in total. The molecule has 1 N–H and O–H groups in total. The maximum absolute atomic E-state index is 12.1. The number of halogens is 4. The Morgan fingerprint density at radius 2 is 2.15 bits per heavy atom. The van der Waals surface area contributed by atoms with Gasteiger partial charge in [-0.05, 0) is 18.8 Å². The van der Waals surface area contributed by atoms with Crippen LogP contribution in [0.2, 0.25) is 5.02 Å². The third kappa shape index (κ3) is 3.88. The molecule has 1 aliphatic rings. The molecule has 0 unspecified atom stereocenters. The molecule has 0 spiro atoms. The number of nitrogens with zero attached hydrogens (tertiary/aromatic N) is 2. The topological polar surface area (TPSA) is 46.9 Å². The van der Waals surface area contributed by atoms with E-state index in [0.717, 1.165) is 19.3 Å². The van der Waals surface area contributed by atoms with Gasteiger partial charge in [-0.3, -0.25) is 4.79 Å². The van der Waals surface area contributed by atoms with Gasteiger partial charge in [0.15, 0.2) is 0 Å². The second-order valence-electron chi connectivity index (χ2n) is 4.94. The van der Waals surface area contributed by atoms with Gasteiger partial charge in [0.25, 0.3) is 5.56 Å². The first kappa shape index (κ1) is 15.2. The van der Waals surface area contributed by atoms with Crippen molar-refractivity contribution in [3.05, 3.63) is 21.6 Å². The lowest BCUT2D eigenvalue weighted by molar-refractivity contribution is -0.131. The molecule has 0 amide bonds. The summed E-state index contributed by atoms with van der Waals surface area (Å²) < 4.78 is 37.6. The Morgan fingerprint density at radius 1 is 1.45 bits per heavy atom. The number of alkyl halides is 3. The molecule has 0 saturated heterocycles. The number of hydrogen-bond donors (Lipinski definition) is 1. The van der Waals surface area contributed by atoms with Gasteiger partial charge in [0.05, 0.1) is 17.6 Å². The first-order valence-corrected chi connectivity index (χ1v) is 6.81. The summed E-state index contributed by atoms with van der Waals surface area (Å²) in [6, 6.07) is 0. The predicted molar refractivity (Wildman–Crippen MR) is 70.0 cm³/mol. The smallest absolute Gasteiger partial charge is 0.379 e. The molecule has 0 atom stereocenters. The summed E-state index contributed by atoms with van der Waals surface area (Å²) in [7, 11) is 0. The number of aromatic nitrogens is 2. The fraction of sp³-hybridized carbons (Fsp3) is 0.667. The van der Waals surface area contributed by atoms with Crippen molar-refractivity contribution in [2.24, 2.45) is 5.92 Å². The second kappa shape index (κ2) is 6.03. The molecule has 1 heterocycles. The molecule has 1 aromatic rings. The average Bonchev–Trinajstić information content (AvgIpc) is 2.29. The predicted octanol–water partition coefficient (Wildman–Crippen LogP) is 3.06. The van der Waals surface area contributed by atoms with Gasteiger partial charge < -0.3 is 5.32 Å². The first-order chi connectivity index (χ1) is 9.37. The number of rotatable bonds is 5. The Bertz CT molecular complexity index is 526. The third-order valence-electron chi connectivity index (χ3n) is 3.36. The molecular formula is C12H15ClF3N3O. The van der Waals surface area contributed by atoms with Gasteiger partial charge >= 0.3 is 6.18 Å². The lowest BCUT2D eigenvalue weighted by atomic mass is 9.85. The summed E-state index contributed by atoms with van der Waals surface area (Å²) in [5.74, 6) is 0.421. The van der Waals surface area contributed by atoms with Crippen molar-refractivity contribution in [3.63, 3.8) is 0 Å². The molecule has 112 valence electrons. The Morgan fingerprint density at radius 3 is 2.70 bits per heavy atom. The SMILES string of the molecule is O=c1c(NCCC(F)(F)F)c(Cl)cnn1CC1CCC1. The molecule has 0 bridgehead atoms. The highest BCUT2D eigenvalue weighted by Crippen LogP contribution is 2.27. The zero-order valence-electron chi connectivity index (χ0n) is 10.7. The van der Waals surface area contributed by atoms with Gasteiger partial charge in [0.1, 0.15) is 5.69 Å².